The van der Waals surface area contributed by atoms with Crippen molar-refractivity contribution < 1.29 is 29.8 Å². The third-order valence-electron chi connectivity index (χ3n) is 3.44. The SMILES string of the molecule is C/C=C1\CSC([C@H](NC(=O)/C(=N\O)c2csc(N)n2)C(=O)O)N=C1C(=O)O. The lowest BCUT2D eigenvalue weighted by atomic mass is 10.1. The monoisotopic (exact) mass is 413 g/mol. The summed E-state index contributed by atoms with van der Waals surface area (Å²) in [5.41, 5.74) is 5.12. The number of carbonyl (C=O) groups excluding carboxylic acids is 1. The molecule has 144 valence electrons. The molecule has 1 aliphatic rings. The van der Waals surface area contributed by atoms with Crippen molar-refractivity contribution in [2.24, 2.45) is 10.1 Å². The standard InChI is InChI=1S/C14H15N5O6S2/c1-2-5-3-26-11(18-7(5)12(21)22)9(13(23)24)17-10(20)8(19-25)6-4-27-14(15)16-6/h2,4,9,11,25H,3H2,1H3,(H2,15,16)(H,17,20)(H,21,22)(H,23,24)/b5-2+,19-8-/t9-,11?/m0/s1. The second kappa shape index (κ2) is 8.64. The van der Waals surface area contributed by atoms with Crippen LogP contribution in [0.2, 0.25) is 0 Å². The summed E-state index contributed by atoms with van der Waals surface area (Å²) in [5, 5.41) is 33.3. The second-order valence-corrected chi connectivity index (χ2v) is 7.10. The number of nitrogen functional groups attached to an aromatic ring is 1. The summed E-state index contributed by atoms with van der Waals surface area (Å²) in [4.78, 5) is 43.1. The van der Waals surface area contributed by atoms with Gasteiger partial charge in [0.25, 0.3) is 5.91 Å². The minimum atomic E-state index is -1.55. The average molecular weight is 413 g/mol. The fourth-order valence-corrected chi connectivity index (χ4v) is 3.91. The van der Waals surface area contributed by atoms with Gasteiger partial charge in [-0.25, -0.2) is 14.6 Å². The van der Waals surface area contributed by atoms with E-state index in [0.717, 1.165) is 23.1 Å². The van der Waals surface area contributed by atoms with Crippen molar-refractivity contribution in [3.63, 3.8) is 0 Å². The molecular formula is C14H15N5O6S2. The minimum Gasteiger partial charge on any atom is -0.480 e. The molecule has 0 radical (unpaired) electrons. The van der Waals surface area contributed by atoms with E-state index in [2.05, 4.69) is 20.4 Å². The Morgan fingerprint density at radius 2 is 2.15 bits per heavy atom. The van der Waals surface area contributed by atoms with Crippen LogP contribution in [0.5, 0.6) is 0 Å². The summed E-state index contributed by atoms with van der Waals surface area (Å²) >= 11 is 2.07. The fraction of sp³-hybridized carbons (Fsp3) is 0.286. The van der Waals surface area contributed by atoms with E-state index < -0.39 is 35.0 Å². The lowest BCUT2D eigenvalue weighted by Crippen LogP contribution is -2.50. The number of aliphatic imine (C=N–C) groups is 1. The first-order valence-corrected chi connectivity index (χ1v) is 9.26. The van der Waals surface area contributed by atoms with Crippen LogP contribution < -0.4 is 11.1 Å². The highest BCUT2D eigenvalue weighted by molar-refractivity contribution is 8.00. The molecule has 27 heavy (non-hydrogen) atoms. The van der Waals surface area contributed by atoms with Gasteiger partial charge in [0.1, 0.15) is 16.8 Å². The molecule has 1 aliphatic heterocycles. The summed E-state index contributed by atoms with van der Waals surface area (Å²) in [6.45, 7) is 1.65. The van der Waals surface area contributed by atoms with Crippen LogP contribution in [0.4, 0.5) is 5.13 Å². The Labute approximate surface area is 160 Å². The first kappa shape index (κ1) is 20.4. The van der Waals surface area contributed by atoms with Gasteiger partial charge in [0.15, 0.2) is 16.9 Å². The predicted molar refractivity (Wildman–Crippen MR) is 99.5 cm³/mol. The molecule has 0 fully saturated rings. The van der Waals surface area contributed by atoms with Gasteiger partial charge < -0.3 is 26.5 Å². The third-order valence-corrected chi connectivity index (χ3v) is 5.31. The van der Waals surface area contributed by atoms with Gasteiger partial charge in [-0.2, -0.15) is 0 Å². The molecule has 0 spiro atoms. The van der Waals surface area contributed by atoms with E-state index in [1.807, 2.05) is 0 Å². The molecule has 0 aliphatic carbocycles. The molecule has 2 heterocycles. The number of anilines is 1. The van der Waals surface area contributed by atoms with Crippen molar-refractivity contribution in [3.05, 3.63) is 22.7 Å². The molecule has 2 atom stereocenters. The van der Waals surface area contributed by atoms with Crippen molar-refractivity contribution in [3.8, 4) is 0 Å². The van der Waals surface area contributed by atoms with Gasteiger partial charge in [-0.3, -0.25) is 9.79 Å². The van der Waals surface area contributed by atoms with E-state index in [1.54, 1.807) is 13.0 Å². The summed E-state index contributed by atoms with van der Waals surface area (Å²) in [7, 11) is 0. The van der Waals surface area contributed by atoms with Crippen LogP contribution in [-0.2, 0) is 14.4 Å². The van der Waals surface area contributed by atoms with Gasteiger partial charge in [0.05, 0.1) is 0 Å². The molecule has 1 aromatic rings. The minimum absolute atomic E-state index is 0.0242. The smallest absolute Gasteiger partial charge is 0.354 e. The number of aromatic nitrogens is 1. The van der Waals surface area contributed by atoms with Gasteiger partial charge in [0, 0.05) is 11.1 Å². The molecule has 6 N–H and O–H groups in total. The summed E-state index contributed by atoms with van der Waals surface area (Å²) < 4.78 is 0. The first-order valence-electron chi connectivity index (χ1n) is 7.33. The molecule has 0 saturated carbocycles. The number of amides is 1. The zero-order valence-electron chi connectivity index (χ0n) is 13.8. The van der Waals surface area contributed by atoms with Crippen molar-refractivity contribution in [2.45, 2.75) is 18.3 Å². The number of hydrogen-bond acceptors (Lipinski definition) is 10. The number of thiazole rings is 1. The zero-order valence-corrected chi connectivity index (χ0v) is 15.5. The summed E-state index contributed by atoms with van der Waals surface area (Å²) in [6.07, 6.45) is 1.58. The van der Waals surface area contributed by atoms with Gasteiger partial charge in [-0.1, -0.05) is 11.2 Å². The number of allylic oxidation sites excluding steroid dienone is 1. The Balaban J connectivity index is 2.28. The van der Waals surface area contributed by atoms with E-state index in [4.69, 9.17) is 10.9 Å². The topological polar surface area (TPSA) is 188 Å². The maximum atomic E-state index is 12.4. The second-order valence-electron chi connectivity index (χ2n) is 5.11. The number of thioether (sulfide) groups is 1. The van der Waals surface area contributed by atoms with Crippen LogP contribution in [-0.4, -0.2) is 66.8 Å². The number of rotatable bonds is 6. The molecule has 13 heteroatoms. The molecular weight excluding hydrogens is 398 g/mol. The quantitative estimate of drug-likeness (QED) is 0.243. The molecule has 1 amide bonds. The van der Waals surface area contributed by atoms with E-state index in [9.17, 15) is 24.6 Å². The number of nitrogens with one attached hydrogen (secondary N) is 1. The Bertz CT molecular complexity index is 862. The van der Waals surface area contributed by atoms with Crippen LogP contribution in [0, 0.1) is 0 Å². The van der Waals surface area contributed by atoms with Crippen molar-refractivity contribution in [2.75, 3.05) is 11.5 Å². The van der Waals surface area contributed by atoms with E-state index in [1.165, 1.54) is 5.38 Å². The zero-order chi connectivity index (χ0) is 20.1. The highest BCUT2D eigenvalue weighted by atomic mass is 32.2. The number of hydrogen-bond donors (Lipinski definition) is 5. The summed E-state index contributed by atoms with van der Waals surface area (Å²) in [6, 6.07) is -1.55. The highest BCUT2D eigenvalue weighted by Crippen LogP contribution is 2.26. The third kappa shape index (κ3) is 4.62. The number of carboxylic acid groups (broad SMARTS) is 2. The molecule has 0 saturated heterocycles. The largest absolute Gasteiger partial charge is 0.480 e. The van der Waals surface area contributed by atoms with Crippen molar-refractivity contribution in [1.82, 2.24) is 10.3 Å². The maximum absolute atomic E-state index is 12.4. The number of nitrogens with two attached hydrogens (primary N) is 1. The number of nitrogens with zero attached hydrogens (tertiary/aromatic N) is 3. The molecule has 0 bridgehead atoms. The average Bonchev–Trinajstić information content (AvgIpc) is 3.05. The van der Waals surface area contributed by atoms with E-state index >= 15 is 0 Å². The van der Waals surface area contributed by atoms with Gasteiger partial charge in [-0.05, 0) is 12.5 Å². The maximum Gasteiger partial charge on any atom is 0.354 e. The highest BCUT2D eigenvalue weighted by Gasteiger charge is 2.36. The molecule has 0 aromatic carbocycles. The summed E-state index contributed by atoms with van der Waals surface area (Å²) in [5.74, 6) is -3.51. The Hall–Kier alpha value is -2.93. The van der Waals surface area contributed by atoms with Crippen LogP contribution in [0.3, 0.4) is 0 Å². The lowest BCUT2D eigenvalue weighted by molar-refractivity contribution is -0.141. The Morgan fingerprint density at radius 3 is 2.63 bits per heavy atom. The van der Waals surface area contributed by atoms with E-state index in [0.29, 0.717) is 5.57 Å². The van der Waals surface area contributed by atoms with Crippen molar-refractivity contribution in [1.29, 1.82) is 0 Å². The van der Waals surface area contributed by atoms with Gasteiger partial charge in [0.2, 0.25) is 0 Å². The van der Waals surface area contributed by atoms with Crippen LogP contribution in [0.25, 0.3) is 0 Å². The number of carbonyl (C=O) groups is 3. The van der Waals surface area contributed by atoms with Crippen LogP contribution in [0.1, 0.15) is 12.6 Å². The van der Waals surface area contributed by atoms with E-state index in [-0.39, 0.29) is 22.3 Å². The first-order chi connectivity index (χ1) is 12.8. The number of aliphatic carboxylic acids is 2. The molecule has 1 aromatic heterocycles. The Morgan fingerprint density at radius 1 is 1.44 bits per heavy atom. The van der Waals surface area contributed by atoms with Crippen molar-refractivity contribution >= 4 is 57.5 Å². The van der Waals surface area contributed by atoms with Gasteiger partial charge in [-0.15, -0.1) is 23.1 Å². The Kier molecular flexibility index (Phi) is 6.52. The fourth-order valence-electron chi connectivity index (χ4n) is 2.15. The van der Waals surface area contributed by atoms with Crippen LogP contribution in [0.15, 0.2) is 27.2 Å². The normalized spacial score (nSPS) is 20.0. The number of oxime groups is 1. The number of carboxylic acids is 2. The molecule has 2 rings (SSSR count). The molecule has 1 unspecified atom stereocenters. The van der Waals surface area contributed by atoms with Gasteiger partial charge >= 0.3 is 11.9 Å². The van der Waals surface area contributed by atoms with Crippen LogP contribution >= 0.6 is 23.1 Å². The molecule has 11 nitrogen and oxygen atoms in total. The predicted octanol–water partition coefficient (Wildman–Crippen LogP) is 0.0178. The lowest BCUT2D eigenvalue weighted by Gasteiger charge is -2.26.